The largest absolute Gasteiger partial charge is 0.492 e. The Hall–Kier alpha value is -2.93. The van der Waals surface area contributed by atoms with Gasteiger partial charge in [0, 0.05) is 36.2 Å². The quantitative estimate of drug-likeness (QED) is 0.169. The van der Waals surface area contributed by atoms with E-state index < -0.39 is 43.0 Å². The molecule has 0 aliphatic rings. The molecule has 0 heterocycles. The van der Waals surface area contributed by atoms with Gasteiger partial charge in [0.1, 0.15) is 12.4 Å². The second-order valence-electron chi connectivity index (χ2n) is 8.56. The second-order valence-corrected chi connectivity index (χ2v) is 9.48. The highest BCUT2D eigenvalue weighted by atomic mass is 79.9. The van der Waals surface area contributed by atoms with Gasteiger partial charge < -0.3 is 24.8 Å². The summed E-state index contributed by atoms with van der Waals surface area (Å²) in [4.78, 5) is 25.3. The third-order valence-electron chi connectivity index (χ3n) is 5.58. The summed E-state index contributed by atoms with van der Waals surface area (Å²) in [5.41, 5.74) is 1.19. The number of benzene rings is 2. The Morgan fingerprint density at radius 2 is 1.64 bits per heavy atom. The van der Waals surface area contributed by atoms with E-state index in [1.54, 1.807) is 55.5 Å². The van der Waals surface area contributed by atoms with Crippen molar-refractivity contribution in [2.24, 2.45) is 0 Å². The number of carbonyl (C=O) groups is 2. The van der Waals surface area contributed by atoms with Crippen LogP contribution in [0.2, 0.25) is 0 Å². The molecule has 1 atom stereocenters. The number of carboxylic acids is 1. The van der Waals surface area contributed by atoms with Crippen molar-refractivity contribution in [3.8, 4) is 5.75 Å². The van der Waals surface area contributed by atoms with Gasteiger partial charge in [0.25, 0.3) is 0 Å². The van der Waals surface area contributed by atoms with Crippen LogP contribution in [-0.4, -0.2) is 66.5 Å². The van der Waals surface area contributed by atoms with Crippen molar-refractivity contribution >= 4 is 33.6 Å². The number of aliphatic carboxylic acids is 1. The fraction of sp³-hybridized carbons (Fsp3) is 0.462. The zero-order chi connectivity index (χ0) is 29.1. The zero-order valence-corrected chi connectivity index (χ0v) is 22.7. The Morgan fingerprint density at radius 1 is 1.00 bits per heavy atom. The summed E-state index contributed by atoms with van der Waals surface area (Å²) >= 11 is 3.28. The third-order valence-corrected chi connectivity index (χ3v) is 6.11. The number of nitrogens with zero attached hydrogens (tertiary/aromatic N) is 1. The number of anilines is 1. The lowest BCUT2D eigenvalue weighted by atomic mass is 10.1. The van der Waals surface area contributed by atoms with E-state index in [0.29, 0.717) is 11.4 Å². The van der Waals surface area contributed by atoms with E-state index in [-0.39, 0.29) is 39.1 Å². The summed E-state index contributed by atoms with van der Waals surface area (Å²) in [5, 5.41) is 11.9. The van der Waals surface area contributed by atoms with E-state index in [1.165, 1.54) is 4.90 Å². The number of halogens is 6. The summed E-state index contributed by atoms with van der Waals surface area (Å²) < 4.78 is 75.4. The fourth-order valence-electron chi connectivity index (χ4n) is 3.47. The van der Waals surface area contributed by atoms with Gasteiger partial charge in [-0.25, -0.2) is 9.59 Å². The van der Waals surface area contributed by atoms with Crippen LogP contribution < -0.4 is 10.1 Å². The van der Waals surface area contributed by atoms with Crippen molar-refractivity contribution in [2.45, 2.75) is 50.8 Å². The van der Waals surface area contributed by atoms with Crippen molar-refractivity contribution < 1.29 is 46.1 Å². The van der Waals surface area contributed by atoms with Crippen molar-refractivity contribution in [3.63, 3.8) is 0 Å². The number of amides is 2. The van der Waals surface area contributed by atoms with E-state index in [2.05, 4.69) is 21.2 Å². The Bertz CT molecular complexity index is 1050. The van der Waals surface area contributed by atoms with Gasteiger partial charge in [-0.2, -0.15) is 22.0 Å². The van der Waals surface area contributed by atoms with Crippen LogP contribution in [0.4, 0.5) is 32.4 Å². The lowest BCUT2D eigenvalue weighted by molar-refractivity contribution is -0.284. The molecule has 0 bridgehead atoms. The van der Waals surface area contributed by atoms with Crippen LogP contribution in [0.5, 0.6) is 5.75 Å². The Labute approximate surface area is 231 Å². The molecule has 0 fully saturated rings. The maximum absolute atomic E-state index is 13.2. The van der Waals surface area contributed by atoms with E-state index >= 15 is 0 Å². The van der Waals surface area contributed by atoms with Crippen LogP contribution in [0, 0.1) is 0 Å². The predicted octanol–water partition coefficient (Wildman–Crippen LogP) is 6.76. The highest BCUT2D eigenvalue weighted by Crippen LogP contribution is 2.39. The van der Waals surface area contributed by atoms with Crippen LogP contribution >= 0.6 is 15.9 Å². The minimum Gasteiger partial charge on any atom is -0.492 e. The average molecular weight is 625 g/mol. The number of alkyl halides is 5. The smallest absolute Gasteiger partial charge is 0.453 e. The summed E-state index contributed by atoms with van der Waals surface area (Å²) in [7, 11) is 0. The molecule has 0 saturated heterocycles. The highest BCUT2D eigenvalue weighted by Gasteiger charge is 2.56. The summed E-state index contributed by atoms with van der Waals surface area (Å²) in [5.74, 6) is -5.42. The molecule has 2 N–H and O–H groups in total. The van der Waals surface area contributed by atoms with Gasteiger partial charge in [-0.05, 0) is 61.7 Å². The SMILES string of the molecule is CCOC(Cc1ccc(OCCN(CCCCC(F)(F)C(F)(F)F)C(=O)Nc2ccc(Br)cc2)cc1)C(=O)O. The zero-order valence-electron chi connectivity index (χ0n) is 21.1. The molecule has 0 aliphatic heterocycles. The Kier molecular flexibility index (Phi) is 12.4. The molecular formula is C26H30BrF5N2O5. The first-order valence-corrected chi connectivity index (χ1v) is 12.9. The lowest BCUT2D eigenvalue weighted by Gasteiger charge is -2.24. The van der Waals surface area contributed by atoms with Crippen LogP contribution in [0.25, 0.3) is 0 Å². The number of urea groups is 1. The van der Waals surface area contributed by atoms with Crippen molar-refractivity contribution in [2.75, 3.05) is 31.6 Å². The van der Waals surface area contributed by atoms with Gasteiger partial charge in [-0.1, -0.05) is 28.1 Å². The number of rotatable bonds is 15. The highest BCUT2D eigenvalue weighted by molar-refractivity contribution is 9.10. The molecule has 7 nitrogen and oxygen atoms in total. The molecular weight excluding hydrogens is 595 g/mol. The molecule has 216 valence electrons. The fourth-order valence-corrected chi connectivity index (χ4v) is 3.73. The average Bonchev–Trinajstić information content (AvgIpc) is 2.86. The maximum atomic E-state index is 13.2. The van der Waals surface area contributed by atoms with Gasteiger partial charge in [-0.3, -0.25) is 0 Å². The van der Waals surface area contributed by atoms with E-state index in [9.17, 15) is 36.6 Å². The first kappa shape index (κ1) is 32.3. The summed E-state index contributed by atoms with van der Waals surface area (Å²) in [6.45, 7) is 1.95. The second kappa shape index (κ2) is 15.0. The number of carbonyl (C=O) groups excluding carboxylic acids is 1. The number of carboxylic acid groups (broad SMARTS) is 1. The van der Waals surface area contributed by atoms with Gasteiger partial charge >= 0.3 is 24.1 Å². The first-order valence-electron chi connectivity index (χ1n) is 12.1. The van der Waals surface area contributed by atoms with Gasteiger partial charge in [0.15, 0.2) is 6.10 Å². The normalized spacial score (nSPS) is 12.6. The standard InChI is InChI=1S/C26H30BrF5N2O5/c1-2-38-22(23(35)36)17-18-5-11-21(12-6-18)39-16-15-34(14-4-3-13-25(28,29)26(30,31)32)24(37)33-20-9-7-19(27)8-10-20/h5-12,22H,2-4,13-17H2,1H3,(H,33,37)(H,35,36). The number of hydrogen-bond acceptors (Lipinski definition) is 4. The van der Waals surface area contributed by atoms with E-state index in [4.69, 9.17) is 9.47 Å². The molecule has 39 heavy (non-hydrogen) atoms. The minimum atomic E-state index is -5.62. The number of hydrogen-bond donors (Lipinski definition) is 2. The molecule has 0 aromatic heterocycles. The van der Waals surface area contributed by atoms with E-state index in [0.717, 1.165) is 10.0 Å². The van der Waals surface area contributed by atoms with E-state index in [1.807, 2.05) is 0 Å². The van der Waals surface area contributed by atoms with Crippen molar-refractivity contribution in [1.29, 1.82) is 0 Å². The first-order chi connectivity index (χ1) is 18.3. The summed E-state index contributed by atoms with van der Waals surface area (Å²) in [6.07, 6.45) is -8.30. The van der Waals surface area contributed by atoms with Crippen LogP contribution in [0.3, 0.4) is 0 Å². The monoisotopic (exact) mass is 624 g/mol. The lowest BCUT2D eigenvalue weighted by Crippen LogP contribution is -2.39. The molecule has 1 unspecified atom stereocenters. The topological polar surface area (TPSA) is 88.1 Å². The van der Waals surface area contributed by atoms with Gasteiger partial charge in [0.05, 0.1) is 6.54 Å². The van der Waals surface area contributed by atoms with Crippen LogP contribution in [0.15, 0.2) is 53.0 Å². The number of ether oxygens (including phenoxy) is 2. The Balaban J connectivity index is 1.95. The van der Waals surface area contributed by atoms with Gasteiger partial charge in [-0.15, -0.1) is 0 Å². The molecule has 0 spiro atoms. The molecule has 2 amide bonds. The molecule has 0 aliphatic carbocycles. The molecule has 13 heteroatoms. The number of nitrogens with one attached hydrogen (secondary N) is 1. The predicted molar refractivity (Wildman–Crippen MR) is 138 cm³/mol. The van der Waals surface area contributed by atoms with Crippen LogP contribution in [-0.2, 0) is 16.0 Å². The minimum absolute atomic E-state index is 0.0164. The van der Waals surface area contributed by atoms with Gasteiger partial charge in [0.2, 0.25) is 0 Å². The Morgan fingerprint density at radius 3 is 2.21 bits per heavy atom. The molecule has 2 rings (SSSR count). The van der Waals surface area contributed by atoms with Crippen LogP contribution in [0.1, 0.15) is 31.7 Å². The molecule has 2 aromatic carbocycles. The molecule has 0 radical (unpaired) electrons. The number of unbranched alkanes of at least 4 members (excludes halogenated alkanes) is 1. The van der Waals surface area contributed by atoms with Crippen molar-refractivity contribution in [3.05, 3.63) is 58.6 Å². The molecule has 2 aromatic rings. The van der Waals surface area contributed by atoms with Crippen molar-refractivity contribution in [1.82, 2.24) is 4.90 Å². The molecule has 0 saturated carbocycles. The summed E-state index contributed by atoms with van der Waals surface area (Å²) in [6, 6.07) is 12.8. The third kappa shape index (κ3) is 11.0. The maximum Gasteiger partial charge on any atom is 0.453 e.